The number of hydrogen-bond acceptors (Lipinski definition) is 4. The minimum absolute atomic E-state index is 0. The SMILES string of the molecule is CCc1cccc(CNC[C@@H](O)[C@H](Cc2cc(F)cc(F)c2)NC(=O)c2cccc(C(=O)C(CC)CC)c2)c1.Cl. The Kier molecular flexibility index (Phi) is 13.4. The zero-order valence-electron chi connectivity index (χ0n) is 23.3. The van der Waals surface area contributed by atoms with Crippen molar-refractivity contribution >= 4 is 24.1 Å². The number of carbonyl (C=O) groups is 2. The molecule has 3 N–H and O–H groups in total. The van der Waals surface area contributed by atoms with Gasteiger partial charge in [0.1, 0.15) is 11.6 Å². The van der Waals surface area contributed by atoms with Gasteiger partial charge in [-0.1, -0.05) is 57.2 Å². The fraction of sp³-hybridized carbons (Fsp3) is 0.375. The molecule has 0 heterocycles. The Morgan fingerprint density at radius 3 is 2.10 bits per heavy atom. The highest BCUT2D eigenvalue weighted by Crippen LogP contribution is 2.18. The molecular weight excluding hydrogens is 534 g/mol. The van der Waals surface area contributed by atoms with Crippen molar-refractivity contribution in [2.45, 2.75) is 65.1 Å². The molecule has 0 aliphatic rings. The third kappa shape index (κ3) is 9.51. The topological polar surface area (TPSA) is 78.4 Å². The van der Waals surface area contributed by atoms with E-state index in [-0.39, 0.29) is 42.6 Å². The van der Waals surface area contributed by atoms with Crippen molar-refractivity contribution in [1.29, 1.82) is 0 Å². The molecule has 8 heteroatoms. The van der Waals surface area contributed by atoms with Crippen molar-refractivity contribution < 1.29 is 23.5 Å². The maximum atomic E-state index is 13.9. The Morgan fingerprint density at radius 2 is 1.45 bits per heavy atom. The molecule has 0 aliphatic carbocycles. The average Bonchev–Trinajstić information content (AvgIpc) is 2.92. The van der Waals surface area contributed by atoms with E-state index in [9.17, 15) is 23.5 Å². The Balaban J connectivity index is 0.00000560. The first-order valence-electron chi connectivity index (χ1n) is 13.6. The van der Waals surface area contributed by atoms with Gasteiger partial charge >= 0.3 is 0 Å². The summed E-state index contributed by atoms with van der Waals surface area (Å²) in [4.78, 5) is 26.1. The molecule has 216 valence electrons. The maximum Gasteiger partial charge on any atom is 0.251 e. The van der Waals surface area contributed by atoms with E-state index in [1.807, 2.05) is 26.0 Å². The summed E-state index contributed by atoms with van der Waals surface area (Å²) in [5, 5.41) is 17.1. The van der Waals surface area contributed by atoms with Crippen molar-refractivity contribution in [3.8, 4) is 0 Å². The lowest BCUT2D eigenvalue weighted by molar-refractivity contribution is 0.0829. The molecule has 0 bridgehead atoms. The summed E-state index contributed by atoms with van der Waals surface area (Å²) in [5.41, 5.74) is 3.31. The number of aliphatic hydroxyl groups excluding tert-OH is 1. The van der Waals surface area contributed by atoms with Gasteiger partial charge in [-0.25, -0.2) is 8.78 Å². The molecule has 0 spiro atoms. The highest BCUT2D eigenvalue weighted by Gasteiger charge is 2.24. The fourth-order valence-electron chi connectivity index (χ4n) is 4.69. The average molecular weight is 573 g/mol. The van der Waals surface area contributed by atoms with Crippen LogP contribution in [-0.2, 0) is 19.4 Å². The number of aryl methyl sites for hydroxylation is 1. The van der Waals surface area contributed by atoms with Crippen molar-refractivity contribution in [3.63, 3.8) is 0 Å². The molecular formula is C32H39ClF2N2O3. The normalized spacial score (nSPS) is 12.5. The number of halogens is 3. The number of rotatable bonds is 14. The molecule has 0 saturated carbocycles. The minimum atomic E-state index is -1.05. The summed E-state index contributed by atoms with van der Waals surface area (Å²) in [6.07, 6.45) is 1.30. The highest BCUT2D eigenvalue weighted by atomic mass is 35.5. The van der Waals surface area contributed by atoms with Crippen LogP contribution in [0.25, 0.3) is 0 Å². The lowest BCUT2D eigenvalue weighted by Crippen LogP contribution is -2.48. The molecule has 1 amide bonds. The number of benzene rings is 3. The molecule has 0 unspecified atom stereocenters. The molecule has 3 rings (SSSR count). The van der Waals surface area contributed by atoms with E-state index < -0.39 is 29.7 Å². The van der Waals surface area contributed by atoms with E-state index >= 15 is 0 Å². The largest absolute Gasteiger partial charge is 0.390 e. The highest BCUT2D eigenvalue weighted by molar-refractivity contribution is 6.01. The quantitative estimate of drug-likeness (QED) is 0.205. The van der Waals surface area contributed by atoms with E-state index in [1.54, 1.807) is 24.3 Å². The molecule has 0 aromatic heterocycles. The Bertz CT molecular complexity index is 1250. The lowest BCUT2D eigenvalue weighted by Gasteiger charge is -2.25. The Labute approximate surface area is 241 Å². The van der Waals surface area contributed by atoms with E-state index in [0.29, 0.717) is 30.5 Å². The second kappa shape index (κ2) is 16.2. The van der Waals surface area contributed by atoms with Gasteiger partial charge in [-0.05, 0) is 66.6 Å². The van der Waals surface area contributed by atoms with Gasteiger partial charge < -0.3 is 15.7 Å². The van der Waals surface area contributed by atoms with Gasteiger partial charge in [0, 0.05) is 36.2 Å². The number of ketones is 1. The third-order valence-electron chi connectivity index (χ3n) is 7.01. The lowest BCUT2D eigenvalue weighted by atomic mass is 9.92. The van der Waals surface area contributed by atoms with Gasteiger partial charge in [0.15, 0.2) is 5.78 Å². The zero-order chi connectivity index (χ0) is 28.4. The summed E-state index contributed by atoms with van der Waals surface area (Å²) in [6.45, 7) is 6.65. The van der Waals surface area contributed by atoms with Crippen LogP contribution in [0.4, 0.5) is 8.78 Å². The van der Waals surface area contributed by atoms with E-state index in [1.165, 1.54) is 17.7 Å². The van der Waals surface area contributed by atoms with Gasteiger partial charge in [0.2, 0.25) is 0 Å². The molecule has 5 nitrogen and oxygen atoms in total. The predicted molar refractivity (Wildman–Crippen MR) is 157 cm³/mol. The molecule has 3 aromatic carbocycles. The predicted octanol–water partition coefficient (Wildman–Crippen LogP) is 6.06. The van der Waals surface area contributed by atoms with Crippen LogP contribution in [0.5, 0.6) is 0 Å². The third-order valence-corrected chi connectivity index (χ3v) is 7.01. The molecule has 0 fully saturated rings. The first-order chi connectivity index (χ1) is 18.7. The van der Waals surface area contributed by atoms with Crippen LogP contribution in [-0.4, -0.2) is 35.5 Å². The van der Waals surface area contributed by atoms with E-state index in [2.05, 4.69) is 29.7 Å². The van der Waals surface area contributed by atoms with Gasteiger partial charge in [0.05, 0.1) is 12.1 Å². The van der Waals surface area contributed by atoms with Crippen molar-refractivity contribution in [2.75, 3.05) is 6.54 Å². The molecule has 0 aliphatic heterocycles. The first kappa shape index (κ1) is 33.1. The smallest absolute Gasteiger partial charge is 0.251 e. The fourth-order valence-corrected chi connectivity index (χ4v) is 4.69. The molecule has 0 saturated heterocycles. The summed E-state index contributed by atoms with van der Waals surface area (Å²) >= 11 is 0. The molecule has 2 atom stereocenters. The Hall–Kier alpha value is -3.13. The monoisotopic (exact) mass is 572 g/mol. The number of nitrogens with one attached hydrogen (secondary N) is 2. The van der Waals surface area contributed by atoms with Crippen LogP contribution in [0.15, 0.2) is 66.7 Å². The second-order valence-corrected chi connectivity index (χ2v) is 9.89. The number of Topliss-reactive ketones (excluding diaryl/α,β-unsaturated/α-hetero) is 1. The van der Waals surface area contributed by atoms with Gasteiger partial charge in [0.25, 0.3) is 5.91 Å². The summed E-state index contributed by atoms with van der Waals surface area (Å²) < 4.78 is 27.7. The van der Waals surface area contributed by atoms with Gasteiger partial charge in [-0.2, -0.15) is 0 Å². The van der Waals surface area contributed by atoms with Crippen LogP contribution in [0.3, 0.4) is 0 Å². The summed E-state index contributed by atoms with van der Waals surface area (Å²) in [6, 6.07) is 16.9. The van der Waals surface area contributed by atoms with Crippen molar-refractivity contribution in [2.24, 2.45) is 5.92 Å². The Morgan fingerprint density at radius 1 is 0.825 bits per heavy atom. The zero-order valence-corrected chi connectivity index (χ0v) is 24.1. The van der Waals surface area contributed by atoms with Crippen LogP contribution in [0, 0.1) is 17.6 Å². The first-order valence-corrected chi connectivity index (χ1v) is 13.6. The number of carbonyl (C=O) groups excluding carboxylic acids is 2. The van der Waals surface area contributed by atoms with Crippen LogP contribution in [0.1, 0.15) is 71.0 Å². The van der Waals surface area contributed by atoms with Gasteiger partial charge in [-0.3, -0.25) is 9.59 Å². The van der Waals surface area contributed by atoms with Crippen LogP contribution >= 0.6 is 12.4 Å². The number of aliphatic hydroxyl groups is 1. The molecule has 40 heavy (non-hydrogen) atoms. The molecule has 0 radical (unpaired) electrons. The standard InChI is InChI=1S/C32H38F2N2O3.ClH/c1-4-21-9-7-10-22(13-21)19-35-20-30(37)29(16-23-14-27(33)18-28(34)15-23)36-32(39)26-12-8-11-25(17-26)31(38)24(5-2)6-3;/h7-15,17-18,24,29-30,35,37H,4-6,16,19-20H2,1-3H3,(H,36,39);1H/t29-,30+;/m0./s1. The number of hydrogen-bond donors (Lipinski definition) is 3. The molecule has 3 aromatic rings. The second-order valence-electron chi connectivity index (χ2n) is 9.89. The van der Waals surface area contributed by atoms with Crippen LogP contribution in [0.2, 0.25) is 0 Å². The van der Waals surface area contributed by atoms with E-state index in [0.717, 1.165) is 18.1 Å². The van der Waals surface area contributed by atoms with Crippen LogP contribution < -0.4 is 10.6 Å². The van der Waals surface area contributed by atoms with Crippen molar-refractivity contribution in [1.82, 2.24) is 10.6 Å². The van der Waals surface area contributed by atoms with E-state index in [4.69, 9.17) is 0 Å². The number of amides is 1. The minimum Gasteiger partial charge on any atom is -0.390 e. The maximum absolute atomic E-state index is 13.9. The summed E-state index contributed by atoms with van der Waals surface area (Å²) in [5.74, 6) is -2.08. The van der Waals surface area contributed by atoms with Gasteiger partial charge in [-0.15, -0.1) is 12.4 Å². The summed E-state index contributed by atoms with van der Waals surface area (Å²) in [7, 11) is 0. The van der Waals surface area contributed by atoms with Crippen molar-refractivity contribution in [3.05, 3.63) is 106 Å².